The van der Waals surface area contributed by atoms with Gasteiger partial charge >= 0.3 is 0 Å². The molecule has 0 aromatic heterocycles. The van der Waals surface area contributed by atoms with E-state index in [1.165, 1.54) is 12.1 Å². The van der Waals surface area contributed by atoms with Gasteiger partial charge in [-0.3, -0.25) is 4.79 Å². The summed E-state index contributed by atoms with van der Waals surface area (Å²) in [4.78, 5) is 14.4. The van der Waals surface area contributed by atoms with Crippen LogP contribution in [0.2, 0.25) is 0 Å². The number of hydrogen-bond donors (Lipinski definition) is 0. The molecule has 1 aliphatic rings. The third kappa shape index (κ3) is 3.34. The Morgan fingerprint density at radius 2 is 2.00 bits per heavy atom. The Bertz CT molecular complexity index is 645. The summed E-state index contributed by atoms with van der Waals surface area (Å²) < 4.78 is 18.8. The fourth-order valence-electron chi connectivity index (χ4n) is 2.78. The first kappa shape index (κ1) is 14.7. The van der Waals surface area contributed by atoms with Crippen LogP contribution in [0.3, 0.4) is 0 Å². The summed E-state index contributed by atoms with van der Waals surface area (Å²) in [5.41, 5.74) is 1.76. The average molecular weight is 299 g/mol. The van der Waals surface area contributed by atoms with Crippen LogP contribution in [0.25, 0.3) is 0 Å². The Morgan fingerprint density at radius 1 is 1.18 bits per heavy atom. The van der Waals surface area contributed by atoms with E-state index in [2.05, 4.69) is 0 Å². The monoisotopic (exact) mass is 299 g/mol. The summed E-state index contributed by atoms with van der Waals surface area (Å²) in [6, 6.07) is 16.0. The number of nitrogens with zero attached hydrogens (tertiary/aromatic N) is 1. The average Bonchev–Trinajstić information content (AvgIpc) is 2.56. The van der Waals surface area contributed by atoms with Crippen molar-refractivity contribution in [3.63, 3.8) is 0 Å². The van der Waals surface area contributed by atoms with Gasteiger partial charge in [-0.2, -0.15) is 0 Å². The molecule has 22 heavy (non-hydrogen) atoms. The lowest BCUT2D eigenvalue weighted by Gasteiger charge is -2.36. The summed E-state index contributed by atoms with van der Waals surface area (Å²) in [6.45, 7) is 1.60. The highest BCUT2D eigenvalue weighted by atomic mass is 19.1. The van der Waals surface area contributed by atoms with Gasteiger partial charge in [0, 0.05) is 6.54 Å². The van der Waals surface area contributed by atoms with Gasteiger partial charge in [-0.1, -0.05) is 42.5 Å². The molecule has 3 rings (SSSR count). The maximum absolute atomic E-state index is 13.3. The van der Waals surface area contributed by atoms with Crippen LogP contribution in [0.1, 0.15) is 17.2 Å². The summed E-state index contributed by atoms with van der Waals surface area (Å²) >= 11 is 0. The molecule has 0 saturated carbocycles. The Hall–Kier alpha value is -2.20. The molecular formula is C18H18FNO2. The van der Waals surface area contributed by atoms with E-state index in [1.54, 1.807) is 12.1 Å². The Balaban J connectivity index is 1.77. The third-order valence-electron chi connectivity index (χ3n) is 3.88. The molecule has 3 nitrogen and oxygen atoms in total. The molecule has 114 valence electrons. The zero-order chi connectivity index (χ0) is 15.4. The van der Waals surface area contributed by atoms with E-state index in [1.807, 2.05) is 35.2 Å². The Labute approximate surface area is 129 Å². The maximum atomic E-state index is 13.3. The number of amides is 1. The van der Waals surface area contributed by atoms with Gasteiger partial charge in [0.15, 0.2) is 0 Å². The van der Waals surface area contributed by atoms with E-state index in [0.29, 0.717) is 25.3 Å². The molecule has 1 heterocycles. The molecule has 1 saturated heterocycles. The second-order valence-corrected chi connectivity index (χ2v) is 5.40. The molecule has 0 N–H and O–H groups in total. The van der Waals surface area contributed by atoms with Crippen molar-refractivity contribution in [1.82, 2.24) is 4.90 Å². The molecule has 1 fully saturated rings. The molecule has 1 unspecified atom stereocenters. The van der Waals surface area contributed by atoms with Crippen LogP contribution in [0.15, 0.2) is 54.6 Å². The van der Waals surface area contributed by atoms with E-state index in [9.17, 15) is 9.18 Å². The minimum Gasteiger partial charge on any atom is -0.377 e. The van der Waals surface area contributed by atoms with Gasteiger partial charge in [-0.15, -0.1) is 0 Å². The summed E-state index contributed by atoms with van der Waals surface area (Å²) in [6.07, 6.45) is 0.209. The van der Waals surface area contributed by atoms with Crippen molar-refractivity contribution in [1.29, 1.82) is 0 Å². The zero-order valence-corrected chi connectivity index (χ0v) is 12.2. The van der Waals surface area contributed by atoms with Gasteiger partial charge < -0.3 is 9.64 Å². The highest BCUT2D eigenvalue weighted by Gasteiger charge is 2.28. The van der Waals surface area contributed by atoms with Crippen molar-refractivity contribution in [2.75, 3.05) is 19.8 Å². The van der Waals surface area contributed by atoms with Gasteiger partial charge in [0.1, 0.15) is 5.82 Å². The van der Waals surface area contributed by atoms with Crippen molar-refractivity contribution in [3.05, 3.63) is 71.5 Å². The topological polar surface area (TPSA) is 29.5 Å². The molecule has 0 spiro atoms. The predicted molar refractivity (Wildman–Crippen MR) is 81.8 cm³/mol. The van der Waals surface area contributed by atoms with Gasteiger partial charge in [-0.25, -0.2) is 4.39 Å². The lowest BCUT2D eigenvalue weighted by atomic mass is 10.0. The van der Waals surface area contributed by atoms with Crippen molar-refractivity contribution < 1.29 is 13.9 Å². The van der Waals surface area contributed by atoms with Crippen LogP contribution in [-0.2, 0) is 16.0 Å². The number of hydrogen-bond acceptors (Lipinski definition) is 2. The van der Waals surface area contributed by atoms with Crippen LogP contribution in [0, 0.1) is 5.82 Å². The highest BCUT2D eigenvalue weighted by molar-refractivity contribution is 5.79. The molecule has 1 amide bonds. The number of rotatable bonds is 3. The molecule has 1 aliphatic heterocycles. The van der Waals surface area contributed by atoms with Gasteiger partial charge in [0.05, 0.1) is 25.7 Å². The molecule has 2 aromatic carbocycles. The molecular weight excluding hydrogens is 281 g/mol. The lowest BCUT2D eigenvalue weighted by Crippen LogP contribution is -2.44. The van der Waals surface area contributed by atoms with Gasteiger partial charge in [-0.05, 0) is 23.3 Å². The zero-order valence-electron chi connectivity index (χ0n) is 12.2. The number of carbonyl (C=O) groups is 1. The maximum Gasteiger partial charge on any atom is 0.227 e. The van der Waals surface area contributed by atoms with Crippen molar-refractivity contribution in [2.45, 2.75) is 12.5 Å². The van der Waals surface area contributed by atoms with Gasteiger partial charge in [0.25, 0.3) is 0 Å². The van der Waals surface area contributed by atoms with E-state index in [4.69, 9.17) is 4.74 Å². The second kappa shape index (κ2) is 6.71. The SMILES string of the molecule is O=C(Cc1cccc(F)c1)N1CCOCC1c1ccccc1. The number of ether oxygens (including phenoxy) is 1. The first-order chi connectivity index (χ1) is 10.7. The van der Waals surface area contributed by atoms with Crippen molar-refractivity contribution in [2.24, 2.45) is 0 Å². The van der Waals surface area contributed by atoms with E-state index in [-0.39, 0.29) is 24.2 Å². The number of carbonyl (C=O) groups excluding carboxylic acids is 1. The third-order valence-corrected chi connectivity index (χ3v) is 3.88. The largest absolute Gasteiger partial charge is 0.377 e. The van der Waals surface area contributed by atoms with E-state index >= 15 is 0 Å². The summed E-state index contributed by atoms with van der Waals surface area (Å²) in [5.74, 6) is -0.311. The molecule has 0 bridgehead atoms. The lowest BCUT2D eigenvalue weighted by molar-refractivity contribution is -0.139. The molecule has 1 atom stereocenters. The van der Waals surface area contributed by atoms with E-state index in [0.717, 1.165) is 5.56 Å². The standard InChI is InChI=1S/C18H18FNO2/c19-16-8-4-5-14(11-16)12-18(21)20-9-10-22-13-17(20)15-6-2-1-3-7-15/h1-8,11,17H,9-10,12-13H2. The second-order valence-electron chi connectivity index (χ2n) is 5.40. The van der Waals surface area contributed by atoms with Crippen LogP contribution < -0.4 is 0 Å². The number of halogens is 1. The first-order valence-corrected chi connectivity index (χ1v) is 7.40. The van der Waals surface area contributed by atoms with Crippen LogP contribution in [0.4, 0.5) is 4.39 Å². The number of benzene rings is 2. The molecule has 2 aromatic rings. The number of morpholine rings is 1. The fourth-order valence-corrected chi connectivity index (χ4v) is 2.78. The minimum absolute atomic E-state index is 0.00255. The molecule has 0 radical (unpaired) electrons. The quantitative estimate of drug-likeness (QED) is 0.872. The summed E-state index contributed by atoms with van der Waals surface area (Å²) in [5, 5.41) is 0. The molecule has 4 heteroatoms. The van der Waals surface area contributed by atoms with Crippen LogP contribution in [0.5, 0.6) is 0 Å². The first-order valence-electron chi connectivity index (χ1n) is 7.40. The van der Waals surface area contributed by atoms with Crippen LogP contribution >= 0.6 is 0 Å². The van der Waals surface area contributed by atoms with E-state index < -0.39 is 0 Å². The normalized spacial score (nSPS) is 18.2. The van der Waals surface area contributed by atoms with Gasteiger partial charge in [0.2, 0.25) is 5.91 Å². The fraction of sp³-hybridized carbons (Fsp3) is 0.278. The Morgan fingerprint density at radius 3 is 2.77 bits per heavy atom. The minimum atomic E-state index is -0.313. The highest BCUT2D eigenvalue weighted by Crippen LogP contribution is 2.24. The van der Waals surface area contributed by atoms with Crippen molar-refractivity contribution >= 4 is 5.91 Å². The predicted octanol–water partition coefficient (Wildman–Crippen LogP) is 2.97. The summed E-state index contributed by atoms with van der Waals surface area (Å²) in [7, 11) is 0. The smallest absolute Gasteiger partial charge is 0.227 e. The van der Waals surface area contributed by atoms with Crippen LogP contribution in [-0.4, -0.2) is 30.6 Å². The Kier molecular flexibility index (Phi) is 4.49. The van der Waals surface area contributed by atoms with Crippen molar-refractivity contribution in [3.8, 4) is 0 Å². The molecule has 0 aliphatic carbocycles.